The van der Waals surface area contributed by atoms with Crippen LogP contribution in [0.5, 0.6) is 0 Å². The normalized spacial score (nSPS) is 13.1. The maximum atomic E-state index is 2.47. The van der Waals surface area contributed by atoms with Crippen molar-refractivity contribution in [1.82, 2.24) is 13.7 Å². The summed E-state index contributed by atoms with van der Waals surface area (Å²) in [4.78, 5) is 4.90. The van der Waals surface area contributed by atoms with Gasteiger partial charge in [-0.25, -0.2) is 0 Å². The van der Waals surface area contributed by atoms with Crippen molar-refractivity contribution in [2.75, 3.05) is 9.80 Å². The molecule has 2 aliphatic carbocycles. The molecule has 17 aromatic carbocycles. The number of aryl methyl sites for hydroxylation is 1. The van der Waals surface area contributed by atoms with Crippen LogP contribution in [0.1, 0.15) is 52.8 Å². The van der Waals surface area contributed by atoms with Gasteiger partial charge in [0.25, 0.3) is 0 Å². The SMILES string of the molecule is Cc1ccc(N(c2ccc3c(c2)C(C)(C)c2ccccc2-3)c2ccc3c(c2)c2ccccc2n3-c2ccc(-c3ccc4c(c3)c3cc(N(c5ccc(-c6ccc7c(c6)C(c6ccccc6)(c6ccccc6)c6ccccc6-7)cc5)c5ccc6c(c5)c5ccccc5n6-c5ccccc5)ccc3n4-c3ccccc3)cc2)cc1. The second-order valence-corrected chi connectivity index (χ2v) is 30.8. The Bertz CT molecular complexity index is 7090. The lowest BCUT2D eigenvalue weighted by atomic mass is 9.67. The van der Waals surface area contributed by atoms with E-state index in [1.54, 1.807) is 0 Å². The van der Waals surface area contributed by atoms with Gasteiger partial charge in [-0.2, -0.15) is 0 Å². The number of rotatable bonds is 13. The third-order valence-electron chi connectivity index (χ3n) is 24.4. The minimum atomic E-state index is -0.511. The maximum Gasteiger partial charge on any atom is 0.0713 e. The third kappa shape index (κ3) is 9.96. The van der Waals surface area contributed by atoms with Gasteiger partial charge in [0.15, 0.2) is 0 Å². The second-order valence-electron chi connectivity index (χ2n) is 30.8. The van der Waals surface area contributed by atoms with Crippen molar-refractivity contribution in [2.24, 2.45) is 0 Å². The van der Waals surface area contributed by atoms with Crippen LogP contribution in [-0.2, 0) is 10.8 Å². The van der Waals surface area contributed by atoms with Gasteiger partial charge in [-0.1, -0.05) is 262 Å². The molecule has 0 bridgehead atoms. The van der Waals surface area contributed by atoms with Crippen LogP contribution in [0.15, 0.2) is 400 Å². The van der Waals surface area contributed by atoms with Gasteiger partial charge < -0.3 is 23.5 Å². The van der Waals surface area contributed by atoms with Gasteiger partial charge >= 0.3 is 0 Å². The Morgan fingerprint density at radius 2 is 0.545 bits per heavy atom. The lowest BCUT2D eigenvalue weighted by molar-refractivity contribution is 0.660. The highest BCUT2D eigenvalue weighted by Crippen LogP contribution is 2.58. The minimum absolute atomic E-state index is 0.137. The largest absolute Gasteiger partial charge is 0.310 e. The Morgan fingerprint density at radius 3 is 1.08 bits per heavy atom. The molecule has 22 rings (SSSR count). The number of hydrogen-bond acceptors (Lipinski definition) is 2. The van der Waals surface area contributed by atoms with Crippen molar-refractivity contribution in [3.05, 3.63) is 439 Å². The molecule has 0 amide bonds. The molecular formula is C107H75N5. The molecule has 528 valence electrons. The summed E-state index contributed by atoms with van der Waals surface area (Å²) >= 11 is 0. The summed E-state index contributed by atoms with van der Waals surface area (Å²) in [6.07, 6.45) is 0. The lowest BCUT2D eigenvalue weighted by Gasteiger charge is -2.34. The van der Waals surface area contributed by atoms with Crippen LogP contribution in [0, 0.1) is 6.92 Å². The van der Waals surface area contributed by atoms with Crippen LogP contribution in [0.4, 0.5) is 34.1 Å². The summed E-state index contributed by atoms with van der Waals surface area (Å²) in [5.41, 5.74) is 35.0. The molecule has 0 atom stereocenters. The van der Waals surface area contributed by atoms with Crippen LogP contribution >= 0.6 is 0 Å². The van der Waals surface area contributed by atoms with Crippen LogP contribution < -0.4 is 9.80 Å². The minimum Gasteiger partial charge on any atom is -0.310 e. The van der Waals surface area contributed by atoms with Gasteiger partial charge in [-0.15, -0.1) is 0 Å². The molecule has 0 N–H and O–H groups in total. The van der Waals surface area contributed by atoms with E-state index in [-0.39, 0.29) is 5.41 Å². The van der Waals surface area contributed by atoms with E-state index in [0.717, 1.165) is 101 Å². The number of benzene rings is 17. The average molecular weight is 1430 g/mol. The molecule has 5 heteroatoms. The maximum absolute atomic E-state index is 2.47. The molecule has 0 aliphatic heterocycles. The van der Waals surface area contributed by atoms with Crippen molar-refractivity contribution >= 4 is 99.5 Å². The predicted molar refractivity (Wildman–Crippen MR) is 469 cm³/mol. The van der Waals surface area contributed by atoms with Crippen LogP contribution in [0.2, 0.25) is 0 Å². The van der Waals surface area contributed by atoms with Gasteiger partial charge in [0, 0.05) is 88.9 Å². The van der Waals surface area contributed by atoms with E-state index in [4.69, 9.17) is 0 Å². The Balaban J connectivity index is 0.666. The van der Waals surface area contributed by atoms with E-state index in [2.05, 4.69) is 445 Å². The molecule has 112 heavy (non-hydrogen) atoms. The number of nitrogens with zero attached hydrogens (tertiary/aromatic N) is 5. The van der Waals surface area contributed by atoms with Crippen molar-refractivity contribution in [1.29, 1.82) is 0 Å². The molecular weight excluding hydrogens is 1360 g/mol. The molecule has 2 aliphatic rings. The van der Waals surface area contributed by atoms with Crippen molar-refractivity contribution < 1.29 is 0 Å². The zero-order chi connectivity index (χ0) is 74.3. The van der Waals surface area contributed by atoms with E-state index in [9.17, 15) is 0 Å². The summed E-state index contributed by atoms with van der Waals surface area (Å²) in [5.74, 6) is 0. The first-order valence-electron chi connectivity index (χ1n) is 38.9. The van der Waals surface area contributed by atoms with E-state index < -0.39 is 5.41 Å². The monoisotopic (exact) mass is 1430 g/mol. The number of aromatic nitrogens is 3. The molecule has 0 saturated heterocycles. The van der Waals surface area contributed by atoms with Gasteiger partial charge in [0.05, 0.1) is 38.5 Å². The van der Waals surface area contributed by atoms with Crippen molar-refractivity contribution in [2.45, 2.75) is 31.6 Å². The molecule has 0 radical (unpaired) electrons. The first-order valence-corrected chi connectivity index (χ1v) is 38.9. The highest BCUT2D eigenvalue weighted by atomic mass is 15.2. The smallest absolute Gasteiger partial charge is 0.0713 e. The van der Waals surface area contributed by atoms with E-state index in [0.29, 0.717) is 0 Å². The highest BCUT2D eigenvalue weighted by molar-refractivity contribution is 6.14. The highest BCUT2D eigenvalue weighted by Gasteiger charge is 2.46. The molecule has 20 aromatic rings. The fourth-order valence-electron chi connectivity index (χ4n) is 19.2. The molecule has 0 saturated carbocycles. The number of anilines is 6. The number of fused-ring (bicyclic) bond motifs is 15. The Morgan fingerprint density at radius 1 is 0.214 bits per heavy atom. The Kier molecular flexibility index (Phi) is 14.7. The Labute approximate surface area is 651 Å². The van der Waals surface area contributed by atoms with Crippen LogP contribution in [0.25, 0.3) is 127 Å². The van der Waals surface area contributed by atoms with Crippen molar-refractivity contribution in [3.63, 3.8) is 0 Å². The summed E-state index contributed by atoms with van der Waals surface area (Å²) in [6.45, 7) is 6.89. The molecule has 3 aromatic heterocycles. The molecule has 0 spiro atoms. The standard InChI is InChI=1S/C107H75N5/c1-70-40-48-79(49-41-70)109(85-54-59-88-86-32-16-20-36-96(86)106(2,3)98(88)69-85)83-56-62-104-94(67-83)91-35-19-23-39-101(91)112(104)81-52-44-71(45-53-81)73-47-60-102-92(64-73)95-68-84(57-63-105(95)111(102)78-30-14-7-15-31-78)108(82-55-61-103-93(66-82)90-34-18-22-38-100(90)110(103)77-28-12-6-13-29-77)80-50-42-72(43-51-80)74-46-58-89-87-33-17-21-37-97(87)107(99(89)65-74,75-24-8-4-9-25-75)76-26-10-5-11-27-76/h4-69H,1-3H3. The fraction of sp³-hybridized carbons (Fsp3) is 0.0467. The van der Waals surface area contributed by atoms with E-state index in [1.807, 2.05) is 0 Å². The summed E-state index contributed by atoms with van der Waals surface area (Å²) in [7, 11) is 0. The van der Waals surface area contributed by atoms with Gasteiger partial charge in [0.2, 0.25) is 0 Å². The van der Waals surface area contributed by atoms with E-state index >= 15 is 0 Å². The van der Waals surface area contributed by atoms with Gasteiger partial charge in [-0.05, 0) is 243 Å². The molecule has 3 heterocycles. The van der Waals surface area contributed by atoms with Crippen LogP contribution in [-0.4, -0.2) is 13.7 Å². The first-order chi connectivity index (χ1) is 55.2. The quantitative estimate of drug-likeness (QED) is 0.115. The summed E-state index contributed by atoms with van der Waals surface area (Å²) < 4.78 is 7.27. The summed E-state index contributed by atoms with van der Waals surface area (Å²) in [5, 5.41) is 7.13. The fourth-order valence-corrected chi connectivity index (χ4v) is 19.2. The lowest BCUT2D eigenvalue weighted by Crippen LogP contribution is -2.28. The molecule has 0 unspecified atom stereocenters. The second kappa shape index (κ2) is 25.4. The topological polar surface area (TPSA) is 21.3 Å². The summed E-state index contributed by atoms with van der Waals surface area (Å²) in [6, 6.07) is 149. The van der Waals surface area contributed by atoms with Crippen molar-refractivity contribution in [3.8, 4) is 61.6 Å². The predicted octanol–water partition coefficient (Wildman–Crippen LogP) is 28.2. The van der Waals surface area contributed by atoms with Gasteiger partial charge in [-0.3, -0.25) is 0 Å². The number of para-hydroxylation sites is 4. The third-order valence-corrected chi connectivity index (χ3v) is 24.4. The first kappa shape index (κ1) is 64.9. The van der Waals surface area contributed by atoms with Crippen LogP contribution in [0.3, 0.4) is 0 Å². The molecule has 5 nitrogen and oxygen atoms in total. The average Bonchev–Trinajstić information content (AvgIpc) is 1.52. The zero-order valence-electron chi connectivity index (χ0n) is 62.3. The number of hydrogen-bond donors (Lipinski definition) is 0. The van der Waals surface area contributed by atoms with E-state index in [1.165, 1.54) is 99.2 Å². The van der Waals surface area contributed by atoms with Gasteiger partial charge in [0.1, 0.15) is 0 Å². The zero-order valence-corrected chi connectivity index (χ0v) is 62.3. The Hall–Kier alpha value is -14.3. The molecule has 0 fully saturated rings.